The maximum Gasteiger partial charge on any atom is 0.224 e. The van der Waals surface area contributed by atoms with Crippen molar-refractivity contribution in [3.8, 4) is 5.75 Å². The van der Waals surface area contributed by atoms with Crippen molar-refractivity contribution < 1.29 is 9.53 Å². The molecule has 0 radical (unpaired) electrons. The Labute approximate surface area is 155 Å². The molecule has 1 aromatic carbocycles. The average molecular weight is 353 g/mol. The molecule has 1 fully saturated rings. The van der Waals surface area contributed by atoms with Gasteiger partial charge in [0.2, 0.25) is 5.91 Å². The molecule has 26 heavy (non-hydrogen) atoms. The summed E-state index contributed by atoms with van der Waals surface area (Å²) in [7, 11) is 0. The zero-order chi connectivity index (χ0) is 18.2. The van der Waals surface area contributed by atoms with E-state index in [-0.39, 0.29) is 11.8 Å². The van der Waals surface area contributed by atoms with Crippen molar-refractivity contribution in [3.63, 3.8) is 0 Å². The lowest BCUT2D eigenvalue weighted by Crippen LogP contribution is -2.45. The highest BCUT2D eigenvalue weighted by atomic mass is 16.5. The number of benzene rings is 1. The topological polar surface area (TPSA) is 63.2 Å². The summed E-state index contributed by atoms with van der Waals surface area (Å²) >= 11 is 0. The molecule has 1 saturated heterocycles. The van der Waals surface area contributed by atoms with Crippen LogP contribution in [0.15, 0.2) is 48.7 Å². The minimum absolute atomic E-state index is 0.00395. The van der Waals surface area contributed by atoms with Gasteiger partial charge in [0, 0.05) is 31.2 Å². The quantitative estimate of drug-likeness (QED) is 0.802. The van der Waals surface area contributed by atoms with Gasteiger partial charge in [-0.2, -0.15) is 0 Å². The van der Waals surface area contributed by atoms with E-state index in [9.17, 15) is 4.79 Å². The van der Waals surface area contributed by atoms with Gasteiger partial charge in [0.05, 0.1) is 18.7 Å². The van der Waals surface area contributed by atoms with Gasteiger partial charge in [0.15, 0.2) is 0 Å². The van der Waals surface area contributed by atoms with Crippen LogP contribution in [-0.2, 0) is 11.2 Å². The summed E-state index contributed by atoms with van der Waals surface area (Å²) in [5.74, 6) is 1.25. The molecule has 3 rings (SSSR count). The minimum Gasteiger partial charge on any atom is -0.492 e. The number of piperidine rings is 1. The SMILES string of the molecule is Cc1ccc(OC[C@@H]2CNC[C@H](C(=O)NCCc3ccccc3)C2)cn1. The lowest BCUT2D eigenvalue weighted by Gasteiger charge is -2.29. The maximum absolute atomic E-state index is 12.4. The van der Waals surface area contributed by atoms with Crippen LogP contribution >= 0.6 is 0 Å². The standard InChI is InChI=1S/C21H27N3O2/c1-16-7-8-20(14-24-16)26-15-18-11-19(13-22-12-18)21(25)23-10-9-17-5-3-2-4-6-17/h2-8,14,18-19,22H,9-13,15H2,1H3,(H,23,25)/t18-,19+/m0/s1. The van der Waals surface area contributed by atoms with E-state index in [0.29, 0.717) is 19.1 Å². The number of nitrogens with zero attached hydrogens (tertiary/aromatic N) is 1. The number of carbonyl (C=O) groups is 1. The number of aryl methyl sites for hydroxylation is 1. The summed E-state index contributed by atoms with van der Waals surface area (Å²) < 4.78 is 5.83. The molecule has 5 heteroatoms. The van der Waals surface area contributed by atoms with E-state index in [1.165, 1.54) is 5.56 Å². The van der Waals surface area contributed by atoms with Gasteiger partial charge in [-0.05, 0) is 37.5 Å². The van der Waals surface area contributed by atoms with E-state index in [1.807, 2.05) is 37.3 Å². The fourth-order valence-electron chi connectivity index (χ4n) is 3.23. The Balaban J connectivity index is 1.40. The summed E-state index contributed by atoms with van der Waals surface area (Å²) in [4.78, 5) is 16.7. The van der Waals surface area contributed by atoms with Crippen molar-refractivity contribution in [2.75, 3.05) is 26.2 Å². The zero-order valence-corrected chi connectivity index (χ0v) is 15.3. The summed E-state index contributed by atoms with van der Waals surface area (Å²) in [6, 6.07) is 14.1. The van der Waals surface area contributed by atoms with Crippen LogP contribution in [0.3, 0.4) is 0 Å². The van der Waals surface area contributed by atoms with Crippen LogP contribution in [0.1, 0.15) is 17.7 Å². The predicted octanol–water partition coefficient (Wildman–Crippen LogP) is 2.35. The van der Waals surface area contributed by atoms with Crippen LogP contribution in [0.4, 0.5) is 0 Å². The number of amides is 1. The number of pyridine rings is 1. The maximum atomic E-state index is 12.4. The Morgan fingerprint density at radius 2 is 2.08 bits per heavy atom. The first-order chi connectivity index (χ1) is 12.7. The molecule has 1 amide bonds. The van der Waals surface area contributed by atoms with Crippen molar-refractivity contribution in [3.05, 3.63) is 59.9 Å². The van der Waals surface area contributed by atoms with Gasteiger partial charge < -0.3 is 15.4 Å². The number of aromatic nitrogens is 1. The molecule has 1 aromatic heterocycles. The Morgan fingerprint density at radius 1 is 1.23 bits per heavy atom. The van der Waals surface area contributed by atoms with Crippen molar-refractivity contribution in [1.29, 1.82) is 0 Å². The number of rotatable bonds is 7. The molecule has 0 saturated carbocycles. The molecule has 138 valence electrons. The van der Waals surface area contributed by atoms with Gasteiger partial charge in [-0.3, -0.25) is 9.78 Å². The predicted molar refractivity (Wildman–Crippen MR) is 102 cm³/mol. The fourth-order valence-corrected chi connectivity index (χ4v) is 3.23. The molecule has 0 bridgehead atoms. The van der Waals surface area contributed by atoms with E-state index >= 15 is 0 Å². The van der Waals surface area contributed by atoms with E-state index in [1.54, 1.807) is 6.20 Å². The third-order valence-electron chi connectivity index (χ3n) is 4.74. The van der Waals surface area contributed by atoms with Crippen molar-refractivity contribution in [2.45, 2.75) is 19.8 Å². The third kappa shape index (κ3) is 5.56. The van der Waals surface area contributed by atoms with E-state index in [0.717, 1.165) is 37.4 Å². The second-order valence-electron chi connectivity index (χ2n) is 6.93. The molecule has 1 aliphatic rings. The van der Waals surface area contributed by atoms with Crippen LogP contribution in [0.5, 0.6) is 5.75 Å². The van der Waals surface area contributed by atoms with Gasteiger partial charge >= 0.3 is 0 Å². The molecule has 2 N–H and O–H groups in total. The summed E-state index contributed by atoms with van der Waals surface area (Å²) in [6.07, 6.45) is 3.46. The number of hydrogen-bond donors (Lipinski definition) is 2. The van der Waals surface area contributed by atoms with Crippen LogP contribution in [0.25, 0.3) is 0 Å². The Morgan fingerprint density at radius 3 is 2.85 bits per heavy atom. The van der Waals surface area contributed by atoms with E-state index < -0.39 is 0 Å². The molecule has 2 atom stereocenters. The van der Waals surface area contributed by atoms with Gasteiger partial charge in [-0.15, -0.1) is 0 Å². The molecule has 0 spiro atoms. The Bertz CT molecular complexity index is 688. The number of ether oxygens (including phenoxy) is 1. The smallest absolute Gasteiger partial charge is 0.224 e. The normalized spacial score (nSPS) is 19.7. The zero-order valence-electron chi connectivity index (χ0n) is 15.3. The fraction of sp³-hybridized carbons (Fsp3) is 0.429. The lowest BCUT2D eigenvalue weighted by atomic mass is 9.90. The molecule has 1 aliphatic heterocycles. The highest BCUT2D eigenvalue weighted by Gasteiger charge is 2.27. The molecular formula is C21H27N3O2. The van der Waals surface area contributed by atoms with Crippen molar-refractivity contribution >= 4 is 5.91 Å². The first kappa shape index (κ1) is 18.4. The van der Waals surface area contributed by atoms with Crippen LogP contribution in [0.2, 0.25) is 0 Å². The molecule has 2 heterocycles. The molecular weight excluding hydrogens is 326 g/mol. The number of carbonyl (C=O) groups excluding carboxylic acids is 1. The Kier molecular flexibility index (Phi) is 6.61. The first-order valence-electron chi connectivity index (χ1n) is 9.28. The van der Waals surface area contributed by atoms with Gasteiger partial charge in [0.25, 0.3) is 0 Å². The van der Waals surface area contributed by atoms with Crippen LogP contribution in [-0.4, -0.2) is 37.1 Å². The van der Waals surface area contributed by atoms with E-state index in [2.05, 4.69) is 27.8 Å². The largest absolute Gasteiger partial charge is 0.492 e. The van der Waals surface area contributed by atoms with E-state index in [4.69, 9.17) is 4.74 Å². The summed E-state index contributed by atoms with van der Waals surface area (Å²) in [5.41, 5.74) is 2.22. The van der Waals surface area contributed by atoms with Crippen molar-refractivity contribution in [1.82, 2.24) is 15.6 Å². The second kappa shape index (κ2) is 9.34. The summed E-state index contributed by atoms with van der Waals surface area (Å²) in [6.45, 7) is 4.85. The molecule has 0 unspecified atom stereocenters. The Hall–Kier alpha value is -2.40. The lowest BCUT2D eigenvalue weighted by molar-refractivity contribution is -0.126. The third-order valence-corrected chi connectivity index (χ3v) is 4.74. The van der Waals surface area contributed by atoms with Crippen LogP contribution in [0, 0.1) is 18.8 Å². The van der Waals surface area contributed by atoms with Gasteiger partial charge in [-0.1, -0.05) is 30.3 Å². The summed E-state index contributed by atoms with van der Waals surface area (Å²) in [5, 5.41) is 6.43. The number of hydrogen-bond acceptors (Lipinski definition) is 4. The first-order valence-corrected chi connectivity index (χ1v) is 9.28. The highest BCUT2D eigenvalue weighted by molar-refractivity contribution is 5.79. The number of nitrogens with one attached hydrogen (secondary N) is 2. The average Bonchev–Trinajstić information content (AvgIpc) is 2.68. The highest BCUT2D eigenvalue weighted by Crippen LogP contribution is 2.19. The minimum atomic E-state index is 0.00395. The van der Waals surface area contributed by atoms with Gasteiger partial charge in [-0.25, -0.2) is 0 Å². The second-order valence-corrected chi connectivity index (χ2v) is 6.93. The molecule has 5 nitrogen and oxygen atoms in total. The van der Waals surface area contributed by atoms with Crippen molar-refractivity contribution in [2.24, 2.45) is 11.8 Å². The monoisotopic (exact) mass is 353 g/mol. The van der Waals surface area contributed by atoms with Gasteiger partial charge in [0.1, 0.15) is 5.75 Å². The molecule has 0 aliphatic carbocycles. The molecule has 2 aromatic rings. The van der Waals surface area contributed by atoms with Crippen LogP contribution < -0.4 is 15.4 Å².